The third kappa shape index (κ3) is 2.98. The second kappa shape index (κ2) is 6.12. The van der Waals surface area contributed by atoms with Crippen molar-refractivity contribution in [3.05, 3.63) is 22.2 Å². The number of aromatic nitrogens is 2. The smallest absolute Gasteiger partial charge is 0.300 e. The van der Waals surface area contributed by atoms with Crippen LogP contribution in [0.3, 0.4) is 0 Å². The van der Waals surface area contributed by atoms with Gasteiger partial charge >= 0.3 is 5.69 Å². The predicted octanol–water partition coefficient (Wildman–Crippen LogP) is 3.12. The summed E-state index contributed by atoms with van der Waals surface area (Å²) in [6, 6.07) is 3.06. The molecule has 2 rings (SSSR count). The van der Waals surface area contributed by atoms with Gasteiger partial charge < -0.3 is 5.32 Å². The maximum absolute atomic E-state index is 10.8. The molecule has 19 heavy (non-hydrogen) atoms. The number of rotatable bonds is 7. The van der Waals surface area contributed by atoms with Crippen LogP contribution in [-0.2, 0) is 0 Å². The summed E-state index contributed by atoms with van der Waals surface area (Å²) < 4.78 is 4.60. The van der Waals surface area contributed by atoms with Crippen LogP contribution >= 0.6 is 0 Å². The molecular formula is C12H16N4O3. The summed E-state index contributed by atoms with van der Waals surface area (Å²) in [6.07, 6.45) is 4.62. The molecule has 0 atom stereocenters. The summed E-state index contributed by atoms with van der Waals surface area (Å²) >= 11 is 0. The lowest BCUT2D eigenvalue weighted by molar-refractivity contribution is -0.383. The standard InChI is InChI=1S/C12H16N4O3/c1-2-3-4-5-8-13-9-6-7-10(16(17)18)12-11(9)14-19-15-12/h6-7,13H,2-5,8H2,1H3. The molecule has 1 aromatic carbocycles. The van der Waals surface area contributed by atoms with Crippen molar-refractivity contribution in [1.82, 2.24) is 10.3 Å². The zero-order chi connectivity index (χ0) is 13.7. The third-order valence-electron chi connectivity index (χ3n) is 2.94. The van der Waals surface area contributed by atoms with Crippen molar-refractivity contribution in [1.29, 1.82) is 0 Å². The second-order valence-corrected chi connectivity index (χ2v) is 4.34. The molecule has 2 aromatic rings. The highest BCUT2D eigenvalue weighted by Crippen LogP contribution is 2.28. The van der Waals surface area contributed by atoms with Crippen LogP contribution < -0.4 is 5.32 Å². The Kier molecular flexibility index (Phi) is 4.27. The van der Waals surface area contributed by atoms with E-state index in [0.717, 1.165) is 25.1 Å². The number of benzene rings is 1. The molecule has 1 aromatic heterocycles. The van der Waals surface area contributed by atoms with Crippen LogP contribution in [-0.4, -0.2) is 21.8 Å². The number of anilines is 1. The van der Waals surface area contributed by atoms with Crippen LogP contribution in [0.2, 0.25) is 0 Å². The summed E-state index contributed by atoms with van der Waals surface area (Å²) in [7, 11) is 0. The number of nitrogens with one attached hydrogen (secondary N) is 1. The summed E-state index contributed by atoms with van der Waals surface area (Å²) in [4.78, 5) is 10.3. The van der Waals surface area contributed by atoms with E-state index in [4.69, 9.17) is 0 Å². The molecule has 0 saturated heterocycles. The van der Waals surface area contributed by atoms with Gasteiger partial charge in [0.1, 0.15) is 0 Å². The maximum Gasteiger partial charge on any atom is 0.300 e. The monoisotopic (exact) mass is 264 g/mol. The van der Waals surface area contributed by atoms with E-state index in [1.165, 1.54) is 18.9 Å². The molecule has 1 N–H and O–H groups in total. The molecule has 0 radical (unpaired) electrons. The Morgan fingerprint density at radius 2 is 2.05 bits per heavy atom. The van der Waals surface area contributed by atoms with Crippen molar-refractivity contribution in [3.8, 4) is 0 Å². The van der Waals surface area contributed by atoms with Crippen molar-refractivity contribution in [2.24, 2.45) is 0 Å². The number of nitro groups is 1. The van der Waals surface area contributed by atoms with Gasteiger partial charge in [-0.05, 0) is 22.8 Å². The van der Waals surface area contributed by atoms with Crippen LogP contribution in [0, 0.1) is 10.1 Å². The number of hydrogen-bond donors (Lipinski definition) is 1. The lowest BCUT2D eigenvalue weighted by atomic mass is 10.2. The molecule has 102 valence electrons. The predicted molar refractivity (Wildman–Crippen MR) is 71.1 cm³/mol. The molecule has 0 bridgehead atoms. The van der Waals surface area contributed by atoms with Gasteiger partial charge in [-0.3, -0.25) is 10.1 Å². The Bertz CT molecular complexity index is 567. The minimum absolute atomic E-state index is 0.0900. The SMILES string of the molecule is CCCCCCNc1ccc([N+](=O)[O-])c2nonc12. The topological polar surface area (TPSA) is 94.1 Å². The molecule has 0 aliphatic carbocycles. The summed E-state index contributed by atoms with van der Waals surface area (Å²) in [6.45, 7) is 2.97. The van der Waals surface area contributed by atoms with Gasteiger partial charge in [-0.1, -0.05) is 26.2 Å². The van der Waals surface area contributed by atoms with Gasteiger partial charge in [0.15, 0.2) is 5.52 Å². The largest absolute Gasteiger partial charge is 0.383 e. The molecule has 0 unspecified atom stereocenters. The van der Waals surface area contributed by atoms with Crippen molar-refractivity contribution < 1.29 is 9.55 Å². The van der Waals surface area contributed by atoms with Crippen LogP contribution in [0.1, 0.15) is 32.6 Å². The zero-order valence-electron chi connectivity index (χ0n) is 10.8. The van der Waals surface area contributed by atoms with E-state index in [-0.39, 0.29) is 11.2 Å². The minimum Gasteiger partial charge on any atom is -0.383 e. The van der Waals surface area contributed by atoms with Gasteiger partial charge in [0.2, 0.25) is 5.52 Å². The fourth-order valence-corrected chi connectivity index (χ4v) is 1.92. The van der Waals surface area contributed by atoms with E-state index < -0.39 is 4.92 Å². The lowest BCUT2D eigenvalue weighted by Gasteiger charge is -2.05. The Hall–Kier alpha value is -2.18. The number of nitro benzene ring substituents is 1. The van der Waals surface area contributed by atoms with E-state index in [9.17, 15) is 10.1 Å². The average Bonchev–Trinajstić information content (AvgIpc) is 2.87. The summed E-state index contributed by atoms with van der Waals surface area (Å²) in [5.74, 6) is 0. The molecule has 7 heteroatoms. The van der Waals surface area contributed by atoms with Crippen molar-refractivity contribution in [2.75, 3.05) is 11.9 Å². The van der Waals surface area contributed by atoms with E-state index in [1.807, 2.05) is 0 Å². The van der Waals surface area contributed by atoms with Gasteiger partial charge in [0.05, 0.1) is 10.6 Å². The number of unbranched alkanes of at least 4 members (excludes halogenated alkanes) is 3. The Labute approximate surface area is 110 Å². The molecule has 0 amide bonds. The number of fused-ring (bicyclic) bond motifs is 1. The van der Waals surface area contributed by atoms with E-state index >= 15 is 0 Å². The van der Waals surface area contributed by atoms with Gasteiger partial charge in [-0.25, -0.2) is 4.63 Å². The number of non-ortho nitro benzene ring substituents is 1. The van der Waals surface area contributed by atoms with Gasteiger partial charge in [-0.2, -0.15) is 0 Å². The first-order valence-electron chi connectivity index (χ1n) is 6.37. The number of nitrogens with zero attached hydrogens (tertiary/aromatic N) is 3. The summed E-state index contributed by atoms with van der Waals surface area (Å²) in [5, 5.41) is 21.4. The van der Waals surface area contributed by atoms with Crippen LogP contribution in [0.5, 0.6) is 0 Å². The van der Waals surface area contributed by atoms with Crippen LogP contribution in [0.4, 0.5) is 11.4 Å². The zero-order valence-corrected chi connectivity index (χ0v) is 10.8. The third-order valence-corrected chi connectivity index (χ3v) is 2.94. The van der Waals surface area contributed by atoms with E-state index in [2.05, 4.69) is 27.2 Å². The maximum atomic E-state index is 10.8. The Morgan fingerprint density at radius 1 is 1.26 bits per heavy atom. The first-order chi connectivity index (χ1) is 9.24. The van der Waals surface area contributed by atoms with Crippen LogP contribution in [0.15, 0.2) is 16.8 Å². The van der Waals surface area contributed by atoms with E-state index in [1.54, 1.807) is 6.07 Å². The minimum atomic E-state index is -0.489. The number of hydrogen-bond acceptors (Lipinski definition) is 6. The molecule has 1 heterocycles. The van der Waals surface area contributed by atoms with Crippen molar-refractivity contribution >= 4 is 22.4 Å². The molecule has 7 nitrogen and oxygen atoms in total. The first kappa shape index (κ1) is 13.3. The van der Waals surface area contributed by atoms with Gasteiger partial charge in [0, 0.05) is 12.6 Å². The van der Waals surface area contributed by atoms with Gasteiger partial charge in [-0.15, -0.1) is 0 Å². The molecular weight excluding hydrogens is 248 g/mol. The Morgan fingerprint density at radius 3 is 2.79 bits per heavy atom. The lowest BCUT2D eigenvalue weighted by Crippen LogP contribution is -2.02. The average molecular weight is 264 g/mol. The van der Waals surface area contributed by atoms with E-state index in [0.29, 0.717) is 5.52 Å². The molecule has 0 spiro atoms. The second-order valence-electron chi connectivity index (χ2n) is 4.34. The van der Waals surface area contributed by atoms with Crippen molar-refractivity contribution in [2.45, 2.75) is 32.6 Å². The summed E-state index contributed by atoms with van der Waals surface area (Å²) in [5.41, 5.74) is 1.22. The molecule has 0 aliphatic heterocycles. The normalized spacial score (nSPS) is 10.8. The quantitative estimate of drug-likeness (QED) is 0.469. The fraction of sp³-hybridized carbons (Fsp3) is 0.500. The molecule has 0 fully saturated rings. The molecule has 0 aliphatic rings. The highest BCUT2D eigenvalue weighted by molar-refractivity contribution is 5.93. The van der Waals surface area contributed by atoms with Gasteiger partial charge in [0.25, 0.3) is 0 Å². The molecule has 0 saturated carbocycles. The fourth-order valence-electron chi connectivity index (χ4n) is 1.92. The van der Waals surface area contributed by atoms with Crippen molar-refractivity contribution in [3.63, 3.8) is 0 Å². The Balaban J connectivity index is 2.10. The highest BCUT2D eigenvalue weighted by atomic mass is 16.6. The first-order valence-corrected chi connectivity index (χ1v) is 6.37. The highest BCUT2D eigenvalue weighted by Gasteiger charge is 2.19. The van der Waals surface area contributed by atoms with Crippen LogP contribution in [0.25, 0.3) is 11.0 Å².